The zero-order valence-electron chi connectivity index (χ0n) is 12.3. The van der Waals surface area contributed by atoms with E-state index in [-0.39, 0.29) is 28.9 Å². The van der Waals surface area contributed by atoms with Gasteiger partial charge in [0.05, 0.1) is 6.20 Å². The number of nitrogens with one attached hydrogen (secondary N) is 2. The summed E-state index contributed by atoms with van der Waals surface area (Å²) in [4.78, 5) is 16.0. The number of carbonyl (C=O) groups is 1. The predicted molar refractivity (Wildman–Crippen MR) is 73.0 cm³/mol. The standard InChI is InChI=1S/C14H23N3O2/c1-9-8-15-12(19-9)11(18)16-10-6-13(2,3)17-14(4,5)7-10/h8,10,17H,6-7H2,1-5H3,(H,16,18). The fourth-order valence-corrected chi connectivity index (χ4v) is 3.13. The molecule has 0 unspecified atom stereocenters. The second-order valence-corrected chi connectivity index (χ2v) is 6.75. The maximum Gasteiger partial charge on any atom is 0.307 e. The Morgan fingerprint density at radius 1 is 1.37 bits per heavy atom. The summed E-state index contributed by atoms with van der Waals surface area (Å²) in [5, 5.41) is 6.61. The van der Waals surface area contributed by atoms with E-state index >= 15 is 0 Å². The molecule has 0 radical (unpaired) electrons. The summed E-state index contributed by atoms with van der Waals surface area (Å²) in [5.41, 5.74) is 0.0123. The van der Waals surface area contributed by atoms with Crippen LogP contribution in [0.1, 0.15) is 57.0 Å². The van der Waals surface area contributed by atoms with Crippen LogP contribution >= 0.6 is 0 Å². The number of aryl methyl sites for hydroxylation is 1. The Labute approximate surface area is 114 Å². The van der Waals surface area contributed by atoms with Gasteiger partial charge < -0.3 is 15.1 Å². The van der Waals surface area contributed by atoms with E-state index in [9.17, 15) is 4.79 Å². The van der Waals surface area contributed by atoms with E-state index in [0.717, 1.165) is 12.8 Å². The van der Waals surface area contributed by atoms with E-state index < -0.39 is 0 Å². The lowest BCUT2D eigenvalue weighted by Crippen LogP contribution is -2.62. The minimum atomic E-state index is -0.230. The van der Waals surface area contributed by atoms with Crippen molar-refractivity contribution >= 4 is 5.91 Å². The molecular formula is C14H23N3O2. The monoisotopic (exact) mass is 265 g/mol. The Balaban J connectivity index is 2.04. The first kappa shape index (κ1) is 14.1. The summed E-state index contributed by atoms with van der Waals surface area (Å²) >= 11 is 0. The third-order valence-corrected chi connectivity index (χ3v) is 3.34. The van der Waals surface area contributed by atoms with Gasteiger partial charge in [0.1, 0.15) is 5.76 Å². The zero-order valence-corrected chi connectivity index (χ0v) is 12.3. The Bertz CT molecular complexity index is 461. The zero-order chi connectivity index (χ0) is 14.3. The fourth-order valence-electron chi connectivity index (χ4n) is 3.13. The van der Waals surface area contributed by atoms with Crippen LogP contribution in [0.2, 0.25) is 0 Å². The van der Waals surface area contributed by atoms with Crippen LogP contribution in [0.25, 0.3) is 0 Å². The van der Waals surface area contributed by atoms with Crippen molar-refractivity contribution in [3.63, 3.8) is 0 Å². The van der Waals surface area contributed by atoms with Gasteiger partial charge >= 0.3 is 5.91 Å². The van der Waals surface area contributed by atoms with Gasteiger partial charge in [0.25, 0.3) is 5.89 Å². The maximum absolute atomic E-state index is 12.1. The molecular weight excluding hydrogens is 242 g/mol. The summed E-state index contributed by atoms with van der Waals surface area (Å²) < 4.78 is 5.25. The summed E-state index contributed by atoms with van der Waals surface area (Å²) in [6.07, 6.45) is 3.34. The molecule has 0 aromatic carbocycles. The molecule has 2 N–H and O–H groups in total. The minimum absolute atomic E-state index is 0.00616. The van der Waals surface area contributed by atoms with Crippen LogP contribution in [0.4, 0.5) is 0 Å². The first-order valence-electron chi connectivity index (χ1n) is 6.70. The van der Waals surface area contributed by atoms with Crippen molar-refractivity contribution in [1.29, 1.82) is 0 Å². The van der Waals surface area contributed by atoms with Gasteiger partial charge in [0.2, 0.25) is 0 Å². The molecule has 1 amide bonds. The molecule has 19 heavy (non-hydrogen) atoms. The highest BCUT2D eigenvalue weighted by Crippen LogP contribution is 2.28. The number of aromatic nitrogens is 1. The van der Waals surface area contributed by atoms with Crippen molar-refractivity contribution in [3.05, 3.63) is 17.8 Å². The van der Waals surface area contributed by atoms with Crippen LogP contribution in [-0.4, -0.2) is 28.0 Å². The fraction of sp³-hybridized carbons (Fsp3) is 0.714. The van der Waals surface area contributed by atoms with Crippen molar-refractivity contribution < 1.29 is 9.21 Å². The smallest absolute Gasteiger partial charge is 0.307 e. The molecule has 2 rings (SSSR count). The van der Waals surface area contributed by atoms with E-state index in [4.69, 9.17) is 4.42 Å². The second-order valence-electron chi connectivity index (χ2n) is 6.75. The number of piperidine rings is 1. The molecule has 1 fully saturated rings. The third-order valence-electron chi connectivity index (χ3n) is 3.34. The van der Waals surface area contributed by atoms with E-state index in [1.165, 1.54) is 0 Å². The van der Waals surface area contributed by atoms with Crippen molar-refractivity contribution in [2.75, 3.05) is 0 Å². The Kier molecular flexibility index (Phi) is 3.43. The first-order chi connectivity index (χ1) is 8.67. The molecule has 1 aliphatic heterocycles. The number of hydrogen-bond donors (Lipinski definition) is 2. The average molecular weight is 265 g/mol. The maximum atomic E-state index is 12.1. The summed E-state index contributed by atoms with van der Waals surface area (Å²) in [6.45, 7) is 10.4. The molecule has 0 atom stereocenters. The Morgan fingerprint density at radius 2 is 1.95 bits per heavy atom. The molecule has 0 spiro atoms. The molecule has 1 aromatic rings. The minimum Gasteiger partial charge on any atom is -0.438 e. The molecule has 1 aliphatic rings. The normalized spacial score (nSPS) is 22.2. The number of carbonyl (C=O) groups excluding carboxylic acids is 1. The molecule has 5 nitrogen and oxygen atoms in total. The predicted octanol–water partition coefficient (Wildman–Crippen LogP) is 2.02. The highest BCUT2D eigenvalue weighted by Gasteiger charge is 2.38. The van der Waals surface area contributed by atoms with Gasteiger partial charge in [-0.2, -0.15) is 0 Å². The van der Waals surface area contributed by atoms with Gasteiger partial charge in [-0.25, -0.2) is 4.98 Å². The van der Waals surface area contributed by atoms with Crippen LogP contribution in [-0.2, 0) is 0 Å². The summed E-state index contributed by atoms with van der Waals surface area (Å²) in [7, 11) is 0. The van der Waals surface area contributed by atoms with Crippen LogP contribution in [0.5, 0.6) is 0 Å². The van der Waals surface area contributed by atoms with Crippen LogP contribution < -0.4 is 10.6 Å². The largest absolute Gasteiger partial charge is 0.438 e. The van der Waals surface area contributed by atoms with E-state index in [0.29, 0.717) is 5.76 Å². The van der Waals surface area contributed by atoms with Crippen molar-refractivity contribution in [1.82, 2.24) is 15.6 Å². The van der Waals surface area contributed by atoms with Crippen LogP contribution in [0, 0.1) is 6.92 Å². The van der Waals surface area contributed by atoms with E-state index in [1.807, 2.05) is 0 Å². The topological polar surface area (TPSA) is 67.2 Å². The average Bonchev–Trinajstić information content (AvgIpc) is 2.59. The number of rotatable bonds is 2. The van der Waals surface area contributed by atoms with Gasteiger partial charge in [-0.1, -0.05) is 0 Å². The summed E-state index contributed by atoms with van der Waals surface area (Å²) in [6, 6.07) is 0.131. The molecule has 0 saturated carbocycles. The lowest BCUT2D eigenvalue weighted by molar-refractivity contribution is 0.0838. The number of oxazole rings is 1. The number of nitrogens with zero attached hydrogens (tertiary/aromatic N) is 1. The quantitative estimate of drug-likeness (QED) is 0.858. The first-order valence-corrected chi connectivity index (χ1v) is 6.70. The Hall–Kier alpha value is -1.36. The van der Waals surface area contributed by atoms with Crippen molar-refractivity contribution in [2.24, 2.45) is 0 Å². The molecule has 1 aromatic heterocycles. The molecule has 106 valence electrons. The lowest BCUT2D eigenvalue weighted by atomic mass is 9.79. The van der Waals surface area contributed by atoms with Crippen LogP contribution in [0.3, 0.4) is 0 Å². The molecule has 1 saturated heterocycles. The van der Waals surface area contributed by atoms with Crippen molar-refractivity contribution in [3.8, 4) is 0 Å². The van der Waals surface area contributed by atoms with Gasteiger partial charge in [-0.05, 0) is 47.5 Å². The molecule has 2 heterocycles. The lowest BCUT2D eigenvalue weighted by Gasteiger charge is -2.46. The van der Waals surface area contributed by atoms with Gasteiger partial charge in [-0.3, -0.25) is 4.79 Å². The van der Waals surface area contributed by atoms with Gasteiger partial charge in [-0.15, -0.1) is 0 Å². The second kappa shape index (κ2) is 4.63. The number of hydrogen-bond acceptors (Lipinski definition) is 4. The molecule has 0 bridgehead atoms. The highest BCUT2D eigenvalue weighted by atomic mass is 16.4. The van der Waals surface area contributed by atoms with Gasteiger partial charge in [0.15, 0.2) is 0 Å². The molecule has 0 aliphatic carbocycles. The Morgan fingerprint density at radius 3 is 2.42 bits per heavy atom. The molecule has 5 heteroatoms. The van der Waals surface area contributed by atoms with E-state index in [2.05, 4.69) is 43.3 Å². The SMILES string of the molecule is Cc1cnc(C(=O)NC2CC(C)(C)NC(C)(C)C2)o1. The van der Waals surface area contributed by atoms with Crippen molar-refractivity contribution in [2.45, 2.75) is 64.6 Å². The summed E-state index contributed by atoms with van der Waals surface area (Å²) in [5.74, 6) is 0.564. The van der Waals surface area contributed by atoms with Gasteiger partial charge in [0, 0.05) is 17.1 Å². The van der Waals surface area contributed by atoms with E-state index in [1.54, 1.807) is 13.1 Å². The van der Waals surface area contributed by atoms with Crippen LogP contribution in [0.15, 0.2) is 10.6 Å². The number of amides is 1. The highest BCUT2D eigenvalue weighted by molar-refractivity contribution is 5.89. The third kappa shape index (κ3) is 3.56.